The van der Waals surface area contributed by atoms with Crippen LogP contribution in [0.4, 0.5) is 17.1 Å². The molecule has 39 heavy (non-hydrogen) atoms. The van der Waals surface area contributed by atoms with Gasteiger partial charge in [0, 0.05) is 5.39 Å². The fourth-order valence-corrected chi connectivity index (χ4v) is 5.14. The second-order valence-corrected chi connectivity index (χ2v) is 10.5. The summed E-state index contributed by atoms with van der Waals surface area (Å²) >= 11 is 12.7. The zero-order chi connectivity index (χ0) is 28.3. The number of amides is 1. The van der Waals surface area contributed by atoms with Crippen molar-refractivity contribution in [2.24, 2.45) is 10.2 Å². The molecule has 0 fully saturated rings. The van der Waals surface area contributed by atoms with Gasteiger partial charge >= 0.3 is 0 Å². The minimum Gasteiger partial charge on any atom is -0.505 e. The van der Waals surface area contributed by atoms with Crippen LogP contribution in [0.5, 0.6) is 11.5 Å². The van der Waals surface area contributed by atoms with Crippen molar-refractivity contribution in [3.8, 4) is 11.5 Å². The molecule has 0 bridgehead atoms. The van der Waals surface area contributed by atoms with Gasteiger partial charge in [0.05, 0.1) is 22.9 Å². The van der Waals surface area contributed by atoms with Crippen LogP contribution in [0.2, 0.25) is 10.0 Å². The molecule has 1 amide bonds. The number of benzene rings is 4. The second kappa shape index (κ2) is 11.6. The zero-order valence-electron chi connectivity index (χ0n) is 20.8. The van der Waals surface area contributed by atoms with E-state index in [9.17, 15) is 22.9 Å². The Morgan fingerprint density at radius 1 is 1.00 bits per heavy atom. The third kappa shape index (κ3) is 5.99. The molecule has 0 aliphatic heterocycles. The van der Waals surface area contributed by atoms with E-state index >= 15 is 0 Å². The topological polar surface area (TPSA) is 138 Å². The Bertz CT molecular complexity index is 1720. The number of carbonyl (C=O) groups is 1. The summed E-state index contributed by atoms with van der Waals surface area (Å²) in [5.41, 5.74) is 0.274. The van der Waals surface area contributed by atoms with Crippen molar-refractivity contribution >= 4 is 67.1 Å². The van der Waals surface area contributed by atoms with Gasteiger partial charge in [-0.15, -0.1) is 10.2 Å². The molecular formula is C27H23Cl2N3O6S. The number of ether oxygens (including phenoxy) is 1. The van der Waals surface area contributed by atoms with Crippen molar-refractivity contribution < 1.29 is 27.6 Å². The average molecular weight is 588 g/mol. The fraction of sp³-hybridized carbons (Fsp3) is 0.148. The number of halogens is 2. The van der Waals surface area contributed by atoms with E-state index in [0.717, 1.165) is 0 Å². The highest BCUT2D eigenvalue weighted by molar-refractivity contribution is 7.86. The summed E-state index contributed by atoms with van der Waals surface area (Å²) in [6.07, 6.45) is 0.458. The Morgan fingerprint density at radius 2 is 1.72 bits per heavy atom. The first-order valence-corrected chi connectivity index (χ1v) is 13.9. The predicted octanol–water partition coefficient (Wildman–Crippen LogP) is 7.73. The SMILES string of the molecule is CCOc1cccc(NC(=O)c2cc3ccccc3c(N=Nc3c(Cl)cc(CC)cc3S(=O)(=O)O)c2O)c1Cl. The predicted molar refractivity (Wildman–Crippen MR) is 151 cm³/mol. The molecule has 0 radical (unpaired) electrons. The summed E-state index contributed by atoms with van der Waals surface area (Å²) < 4.78 is 39.3. The molecule has 12 heteroatoms. The Morgan fingerprint density at radius 3 is 2.41 bits per heavy atom. The number of azo groups is 1. The average Bonchev–Trinajstić information content (AvgIpc) is 2.90. The number of rotatable bonds is 8. The van der Waals surface area contributed by atoms with E-state index in [1.807, 2.05) is 0 Å². The van der Waals surface area contributed by atoms with Crippen molar-refractivity contribution in [3.63, 3.8) is 0 Å². The number of aryl methyl sites for hydroxylation is 1. The first-order chi connectivity index (χ1) is 18.5. The van der Waals surface area contributed by atoms with Crippen LogP contribution in [0, 0.1) is 0 Å². The van der Waals surface area contributed by atoms with Crippen molar-refractivity contribution in [2.45, 2.75) is 25.2 Å². The van der Waals surface area contributed by atoms with Crippen LogP contribution in [-0.2, 0) is 16.5 Å². The zero-order valence-corrected chi connectivity index (χ0v) is 23.1. The minimum atomic E-state index is -4.70. The summed E-state index contributed by atoms with van der Waals surface area (Å²) in [7, 11) is -4.70. The smallest absolute Gasteiger partial charge is 0.296 e. The van der Waals surface area contributed by atoms with E-state index in [-0.39, 0.29) is 32.7 Å². The van der Waals surface area contributed by atoms with E-state index in [1.54, 1.807) is 56.3 Å². The quantitative estimate of drug-likeness (QED) is 0.142. The highest BCUT2D eigenvalue weighted by Gasteiger charge is 2.22. The molecule has 4 aromatic carbocycles. The highest BCUT2D eigenvalue weighted by Crippen LogP contribution is 2.42. The largest absolute Gasteiger partial charge is 0.505 e. The molecule has 4 rings (SSSR count). The molecule has 0 aromatic heterocycles. The summed E-state index contributed by atoms with van der Waals surface area (Å²) in [4.78, 5) is 12.7. The van der Waals surface area contributed by atoms with Gasteiger partial charge in [-0.25, -0.2) is 0 Å². The van der Waals surface area contributed by atoms with Crippen LogP contribution in [0.3, 0.4) is 0 Å². The monoisotopic (exact) mass is 587 g/mol. The molecule has 4 aromatic rings. The molecule has 3 N–H and O–H groups in total. The molecule has 0 atom stereocenters. The Labute approximate surface area is 234 Å². The number of hydrogen-bond acceptors (Lipinski definition) is 7. The van der Waals surface area contributed by atoms with Crippen LogP contribution in [-0.4, -0.2) is 30.6 Å². The second-order valence-electron chi connectivity index (χ2n) is 8.30. The van der Waals surface area contributed by atoms with Gasteiger partial charge in [0.15, 0.2) is 5.75 Å². The van der Waals surface area contributed by atoms with Crippen LogP contribution in [0.15, 0.2) is 75.8 Å². The first kappa shape index (κ1) is 28.3. The molecule has 0 aliphatic carbocycles. The van der Waals surface area contributed by atoms with Crippen molar-refractivity contribution in [3.05, 3.63) is 81.8 Å². The maximum atomic E-state index is 13.3. The third-order valence-electron chi connectivity index (χ3n) is 5.78. The Balaban J connectivity index is 1.83. The normalized spacial score (nSPS) is 11.7. The molecule has 0 saturated heterocycles. The number of aromatic hydroxyl groups is 1. The Kier molecular flexibility index (Phi) is 8.41. The van der Waals surface area contributed by atoms with E-state index < -0.39 is 26.7 Å². The molecular weight excluding hydrogens is 565 g/mol. The number of nitrogens with one attached hydrogen (secondary N) is 1. The van der Waals surface area contributed by atoms with Gasteiger partial charge in [-0.3, -0.25) is 9.35 Å². The highest BCUT2D eigenvalue weighted by atomic mass is 35.5. The lowest BCUT2D eigenvalue weighted by molar-refractivity contribution is 0.102. The summed E-state index contributed by atoms with van der Waals surface area (Å²) in [6.45, 7) is 3.97. The van der Waals surface area contributed by atoms with E-state index in [2.05, 4.69) is 15.5 Å². The van der Waals surface area contributed by atoms with Gasteiger partial charge in [-0.05, 0) is 54.6 Å². The van der Waals surface area contributed by atoms with Crippen molar-refractivity contribution in [2.75, 3.05) is 11.9 Å². The number of fused-ring (bicyclic) bond motifs is 1. The number of nitrogens with zero attached hydrogens (tertiary/aromatic N) is 2. The van der Waals surface area contributed by atoms with Crippen molar-refractivity contribution in [1.82, 2.24) is 0 Å². The lowest BCUT2D eigenvalue weighted by Gasteiger charge is -2.13. The van der Waals surface area contributed by atoms with Gasteiger partial charge in [0.2, 0.25) is 0 Å². The van der Waals surface area contributed by atoms with Gasteiger partial charge in [-0.2, -0.15) is 8.42 Å². The molecule has 0 spiro atoms. The number of hydrogen-bond donors (Lipinski definition) is 3. The van der Waals surface area contributed by atoms with Gasteiger partial charge < -0.3 is 15.2 Å². The van der Waals surface area contributed by atoms with Crippen molar-refractivity contribution in [1.29, 1.82) is 0 Å². The minimum absolute atomic E-state index is 0.0627. The molecule has 0 heterocycles. The number of carbonyl (C=O) groups excluding carboxylic acids is 1. The number of phenolic OH excluding ortho intramolecular Hbond substituents is 1. The van der Waals surface area contributed by atoms with E-state index in [1.165, 1.54) is 18.2 Å². The molecule has 202 valence electrons. The maximum Gasteiger partial charge on any atom is 0.296 e. The Hall–Kier alpha value is -3.70. The van der Waals surface area contributed by atoms with E-state index in [0.29, 0.717) is 35.1 Å². The van der Waals surface area contributed by atoms with Gasteiger partial charge in [0.25, 0.3) is 16.0 Å². The van der Waals surface area contributed by atoms with Crippen LogP contribution < -0.4 is 10.1 Å². The maximum absolute atomic E-state index is 13.3. The number of anilines is 1. The van der Waals surface area contributed by atoms with Gasteiger partial charge in [0.1, 0.15) is 27.0 Å². The fourth-order valence-electron chi connectivity index (χ4n) is 3.88. The molecule has 0 unspecified atom stereocenters. The van der Waals surface area contributed by atoms with E-state index in [4.69, 9.17) is 27.9 Å². The molecule has 0 saturated carbocycles. The van der Waals surface area contributed by atoms with Gasteiger partial charge in [-0.1, -0.05) is 60.5 Å². The lowest BCUT2D eigenvalue weighted by atomic mass is 10.0. The lowest BCUT2D eigenvalue weighted by Crippen LogP contribution is -2.13. The van der Waals surface area contributed by atoms with Crippen LogP contribution >= 0.6 is 23.2 Å². The van der Waals surface area contributed by atoms with Crippen LogP contribution in [0.25, 0.3) is 10.8 Å². The number of phenols is 1. The summed E-state index contributed by atoms with van der Waals surface area (Å²) in [5.74, 6) is -0.814. The molecule has 9 nitrogen and oxygen atoms in total. The third-order valence-corrected chi connectivity index (χ3v) is 7.32. The first-order valence-electron chi connectivity index (χ1n) is 11.7. The molecule has 0 aliphatic rings. The standard InChI is InChI=1S/C27H23Cl2N3O6S/c1-3-15-12-19(28)25(22(13-15)39(35,36)37)32-31-24-17-9-6-5-8-16(17)14-18(26(24)33)27(34)30-20-10-7-11-21(23(20)29)38-4-2/h5-14,33H,3-4H2,1-2H3,(H,30,34)(H,35,36,37). The van der Waals surface area contributed by atoms with Crippen LogP contribution in [0.1, 0.15) is 29.8 Å². The summed E-state index contributed by atoms with van der Waals surface area (Å²) in [5, 5.41) is 23.0. The summed E-state index contributed by atoms with van der Waals surface area (Å²) in [6, 6.07) is 15.9.